The predicted octanol–water partition coefficient (Wildman–Crippen LogP) is 3.07. The van der Waals surface area contributed by atoms with Crippen LogP contribution in [0, 0.1) is 5.92 Å². The third-order valence-corrected chi connectivity index (χ3v) is 2.09. The highest BCUT2D eigenvalue weighted by Crippen LogP contribution is 2.17. The van der Waals surface area contributed by atoms with Gasteiger partial charge in [0.25, 0.3) is 0 Å². The number of hydrogen-bond donors (Lipinski definition) is 1. The first-order valence-electron chi connectivity index (χ1n) is 6.44. The van der Waals surface area contributed by atoms with E-state index in [2.05, 4.69) is 0 Å². The Hall–Kier alpha value is -1.31. The molecule has 0 amide bonds. The zero-order valence-corrected chi connectivity index (χ0v) is 9.24. The number of carboxylic acid groups (broad SMARTS) is 1. The van der Waals surface area contributed by atoms with E-state index in [4.69, 9.17) is 9.22 Å². The molecule has 2 heteroatoms. The molecule has 2 nitrogen and oxygen atoms in total. The van der Waals surface area contributed by atoms with Crippen molar-refractivity contribution in [1.29, 1.82) is 0 Å². The van der Waals surface area contributed by atoms with E-state index in [0.717, 1.165) is 0 Å². The van der Waals surface area contributed by atoms with E-state index in [1.807, 2.05) is 0 Å². The van der Waals surface area contributed by atoms with Crippen molar-refractivity contribution in [3.05, 3.63) is 35.4 Å². The summed E-state index contributed by atoms with van der Waals surface area (Å²) >= 11 is 0. The SMILES string of the molecule is [2H]C([2H])(c1ccc([C@@]([2H])(C)C(=O)O)cc1)C(C)C. The highest BCUT2D eigenvalue weighted by atomic mass is 16.4. The third kappa shape index (κ3) is 3.39. The maximum absolute atomic E-state index is 10.9. The molecule has 0 bridgehead atoms. The molecule has 1 rings (SSSR count). The molecular weight excluding hydrogens is 188 g/mol. The fraction of sp³-hybridized carbons (Fsp3) is 0.462. The second-order valence-corrected chi connectivity index (χ2v) is 3.81. The Kier molecular flexibility index (Phi) is 2.62. The molecule has 0 spiro atoms. The smallest absolute Gasteiger partial charge is 0.310 e. The highest BCUT2D eigenvalue weighted by Gasteiger charge is 2.12. The van der Waals surface area contributed by atoms with Crippen LogP contribution in [0.5, 0.6) is 0 Å². The molecule has 1 aromatic carbocycles. The van der Waals surface area contributed by atoms with Crippen molar-refractivity contribution < 1.29 is 14.0 Å². The van der Waals surface area contributed by atoms with E-state index in [-0.39, 0.29) is 5.92 Å². The van der Waals surface area contributed by atoms with Gasteiger partial charge >= 0.3 is 5.97 Å². The Morgan fingerprint density at radius 3 is 2.33 bits per heavy atom. The summed E-state index contributed by atoms with van der Waals surface area (Å²) < 4.78 is 23.6. The van der Waals surface area contributed by atoms with E-state index in [9.17, 15) is 4.79 Å². The topological polar surface area (TPSA) is 37.3 Å². The van der Waals surface area contributed by atoms with Crippen LogP contribution >= 0.6 is 0 Å². The lowest BCUT2D eigenvalue weighted by atomic mass is 9.97. The van der Waals surface area contributed by atoms with E-state index in [0.29, 0.717) is 11.1 Å². The molecule has 0 aliphatic carbocycles. The molecule has 0 fully saturated rings. The average molecular weight is 209 g/mol. The fourth-order valence-electron chi connectivity index (χ4n) is 1.27. The molecule has 0 saturated heterocycles. The first-order valence-corrected chi connectivity index (χ1v) is 4.94. The Balaban J connectivity index is 3.12. The van der Waals surface area contributed by atoms with Crippen LogP contribution in [0.4, 0.5) is 0 Å². The van der Waals surface area contributed by atoms with Gasteiger partial charge in [0.15, 0.2) is 0 Å². The fourth-order valence-corrected chi connectivity index (χ4v) is 1.27. The summed E-state index contributed by atoms with van der Waals surface area (Å²) in [6.07, 6.45) is -1.46. The van der Waals surface area contributed by atoms with Gasteiger partial charge in [-0.05, 0) is 30.3 Å². The molecule has 1 atom stereocenters. The number of rotatable bonds is 4. The van der Waals surface area contributed by atoms with Gasteiger partial charge < -0.3 is 5.11 Å². The van der Waals surface area contributed by atoms with Gasteiger partial charge in [-0.3, -0.25) is 4.79 Å². The number of hydrogen-bond acceptors (Lipinski definition) is 1. The van der Waals surface area contributed by atoms with Crippen LogP contribution < -0.4 is 0 Å². The number of aliphatic carboxylic acids is 1. The predicted molar refractivity (Wildman–Crippen MR) is 61.0 cm³/mol. The van der Waals surface area contributed by atoms with E-state index >= 15 is 0 Å². The summed E-state index contributed by atoms with van der Waals surface area (Å²) in [5.74, 6) is -3.10. The Bertz CT molecular complexity index is 436. The first-order chi connectivity index (χ1) is 8.10. The lowest BCUT2D eigenvalue weighted by Gasteiger charge is -2.09. The van der Waals surface area contributed by atoms with Gasteiger partial charge in [-0.25, -0.2) is 0 Å². The molecule has 0 heterocycles. The van der Waals surface area contributed by atoms with Gasteiger partial charge in [0.2, 0.25) is 0 Å². The summed E-state index contributed by atoms with van der Waals surface area (Å²) in [6, 6.07) is 6.14. The van der Waals surface area contributed by atoms with Gasteiger partial charge in [-0.1, -0.05) is 38.1 Å². The standard InChI is InChI=1S/C13H18O2/c1-9(2)8-11-4-6-12(7-5-11)10(3)13(14)15/h4-7,9-10H,8H2,1-3H3,(H,14,15)/t10-/m1/s1/i8D2,10D. The van der Waals surface area contributed by atoms with Gasteiger partial charge in [0.1, 0.15) is 0 Å². The van der Waals surface area contributed by atoms with Crippen LogP contribution in [0.1, 0.15) is 41.9 Å². The van der Waals surface area contributed by atoms with Crippen molar-refractivity contribution in [3.8, 4) is 0 Å². The summed E-state index contributed by atoms with van der Waals surface area (Å²) in [6.45, 7) is 4.89. The minimum atomic E-state index is -1.71. The van der Waals surface area contributed by atoms with Crippen LogP contribution in [0.15, 0.2) is 24.3 Å². The second-order valence-electron chi connectivity index (χ2n) is 3.81. The van der Waals surface area contributed by atoms with E-state index in [1.165, 1.54) is 19.1 Å². The summed E-state index contributed by atoms with van der Waals surface area (Å²) in [7, 11) is 0. The number of benzene rings is 1. The average Bonchev–Trinajstić information content (AvgIpc) is 2.28. The van der Waals surface area contributed by atoms with Crippen LogP contribution in [0.25, 0.3) is 0 Å². The number of carbonyl (C=O) groups is 1. The monoisotopic (exact) mass is 209 g/mol. The van der Waals surface area contributed by atoms with E-state index in [1.54, 1.807) is 26.0 Å². The largest absolute Gasteiger partial charge is 0.481 e. The van der Waals surface area contributed by atoms with Gasteiger partial charge in [-0.15, -0.1) is 0 Å². The molecule has 0 unspecified atom stereocenters. The Morgan fingerprint density at radius 1 is 1.40 bits per heavy atom. The summed E-state index contributed by atoms with van der Waals surface area (Å²) in [5, 5.41) is 8.95. The molecule has 0 radical (unpaired) electrons. The van der Waals surface area contributed by atoms with Crippen LogP contribution in [-0.2, 0) is 11.2 Å². The zero-order chi connectivity index (χ0) is 14.1. The van der Waals surface area contributed by atoms with Crippen LogP contribution in [0.2, 0.25) is 0 Å². The van der Waals surface area contributed by atoms with Crippen LogP contribution in [0.3, 0.4) is 0 Å². The normalized spacial score (nSPS) is 18.8. The van der Waals surface area contributed by atoms with Gasteiger partial charge in [0.05, 0.1) is 5.89 Å². The molecule has 0 saturated carbocycles. The molecule has 15 heavy (non-hydrogen) atoms. The maximum Gasteiger partial charge on any atom is 0.310 e. The lowest BCUT2D eigenvalue weighted by Crippen LogP contribution is -2.07. The molecule has 0 aromatic heterocycles. The lowest BCUT2D eigenvalue weighted by molar-refractivity contribution is -0.138. The molecule has 1 aromatic rings. The van der Waals surface area contributed by atoms with Crippen molar-refractivity contribution in [2.75, 3.05) is 0 Å². The van der Waals surface area contributed by atoms with Crippen molar-refractivity contribution in [1.82, 2.24) is 0 Å². The zero-order valence-electron chi connectivity index (χ0n) is 12.2. The minimum Gasteiger partial charge on any atom is -0.481 e. The van der Waals surface area contributed by atoms with Crippen LogP contribution in [-0.4, -0.2) is 11.1 Å². The Morgan fingerprint density at radius 2 is 1.93 bits per heavy atom. The highest BCUT2D eigenvalue weighted by molar-refractivity contribution is 5.75. The van der Waals surface area contributed by atoms with Crippen molar-refractivity contribution in [2.24, 2.45) is 5.92 Å². The van der Waals surface area contributed by atoms with Crippen molar-refractivity contribution in [2.45, 2.75) is 33.0 Å². The van der Waals surface area contributed by atoms with Gasteiger partial charge in [-0.2, -0.15) is 0 Å². The van der Waals surface area contributed by atoms with Crippen molar-refractivity contribution >= 4 is 5.97 Å². The minimum absolute atomic E-state index is 0.176. The summed E-state index contributed by atoms with van der Waals surface area (Å²) in [4.78, 5) is 10.9. The maximum atomic E-state index is 10.9. The van der Waals surface area contributed by atoms with E-state index < -0.39 is 18.2 Å². The third-order valence-electron chi connectivity index (χ3n) is 2.09. The molecule has 0 aliphatic rings. The molecule has 82 valence electrons. The Labute approximate surface area is 95.2 Å². The molecule has 1 N–H and O–H groups in total. The quantitative estimate of drug-likeness (QED) is 0.827. The molecular formula is C13H18O2. The first kappa shape index (κ1) is 7.91. The second kappa shape index (κ2) is 4.96. The number of carboxylic acids is 1. The van der Waals surface area contributed by atoms with Gasteiger partial charge in [0, 0.05) is 4.11 Å². The molecule has 0 aliphatic heterocycles. The van der Waals surface area contributed by atoms with Crippen molar-refractivity contribution in [3.63, 3.8) is 0 Å². The summed E-state index contributed by atoms with van der Waals surface area (Å²) in [5.41, 5.74) is 0.848.